The molecular formula is C15H19N3O2. The fourth-order valence-corrected chi connectivity index (χ4v) is 3.04. The average Bonchev–Trinajstić information content (AvgIpc) is 2.88. The number of rotatable bonds is 4. The van der Waals surface area contributed by atoms with Crippen molar-refractivity contribution in [3.05, 3.63) is 29.7 Å². The van der Waals surface area contributed by atoms with Gasteiger partial charge in [0, 0.05) is 12.6 Å². The first kappa shape index (κ1) is 13.1. The monoisotopic (exact) mass is 273 g/mol. The standard InChI is InChI=1S/C15H19N3O2/c19-15(20)12-7-9-14-17-16-13(18(14)10-12)8-6-11-4-2-1-3-5-11/h7,9-11H,1-6,8H2,(H,19,20). The molecule has 1 aliphatic carbocycles. The van der Waals surface area contributed by atoms with Gasteiger partial charge in [0.2, 0.25) is 0 Å². The van der Waals surface area contributed by atoms with Gasteiger partial charge in [0.1, 0.15) is 5.82 Å². The molecule has 2 aromatic heterocycles. The third-order valence-corrected chi connectivity index (χ3v) is 4.22. The van der Waals surface area contributed by atoms with Crippen molar-refractivity contribution in [1.82, 2.24) is 14.6 Å². The van der Waals surface area contributed by atoms with Crippen molar-refractivity contribution in [2.45, 2.75) is 44.9 Å². The van der Waals surface area contributed by atoms with Crippen molar-refractivity contribution in [1.29, 1.82) is 0 Å². The fraction of sp³-hybridized carbons (Fsp3) is 0.533. The maximum absolute atomic E-state index is 11.0. The van der Waals surface area contributed by atoms with Crippen molar-refractivity contribution >= 4 is 11.6 Å². The second-order valence-electron chi connectivity index (χ2n) is 5.61. The summed E-state index contributed by atoms with van der Waals surface area (Å²) in [4.78, 5) is 11.0. The number of pyridine rings is 1. The minimum absolute atomic E-state index is 0.274. The summed E-state index contributed by atoms with van der Waals surface area (Å²) in [5, 5.41) is 17.4. The molecule has 1 aliphatic rings. The molecule has 2 aromatic rings. The minimum Gasteiger partial charge on any atom is -0.478 e. The van der Waals surface area contributed by atoms with E-state index in [9.17, 15) is 4.79 Å². The number of carboxylic acids is 1. The Bertz CT molecular complexity index is 615. The molecule has 0 aromatic carbocycles. The van der Waals surface area contributed by atoms with E-state index in [0.717, 1.165) is 24.6 Å². The number of hydrogen-bond donors (Lipinski definition) is 1. The lowest BCUT2D eigenvalue weighted by molar-refractivity contribution is 0.0696. The van der Waals surface area contributed by atoms with Crippen LogP contribution in [0.15, 0.2) is 18.3 Å². The van der Waals surface area contributed by atoms with E-state index in [1.165, 1.54) is 32.1 Å². The van der Waals surface area contributed by atoms with Crippen molar-refractivity contribution < 1.29 is 9.90 Å². The molecular weight excluding hydrogens is 254 g/mol. The zero-order valence-corrected chi connectivity index (χ0v) is 11.5. The molecule has 0 bridgehead atoms. The van der Waals surface area contributed by atoms with Crippen molar-refractivity contribution in [2.24, 2.45) is 5.92 Å². The number of fused-ring (bicyclic) bond motifs is 1. The summed E-state index contributed by atoms with van der Waals surface area (Å²) in [6, 6.07) is 3.28. The normalized spacial score (nSPS) is 16.6. The smallest absolute Gasteiger partial charge is 0.337 e. The van der Waals surface area contributed by atoms with Gasteiger partial charge in [0.15, 0.2) is 5.65 Å². The highest BCUT2D eigenvalue weighted by atomic mass is 16.4. The highest BCUT2D eigenvalue weighted by molar-refractivity contribution is 5.87. The number of nitrogens with zero attached hydrogens (tertiary/aromatic N) is 3. The molecule has 0 unspecified atom stereocenters. The summed E-state index contributed by atoms with van der Waals surface area (Å²) in [6.07, 6.45) is 10.3. The molecule has 1 saturated carbocycles. The van der Waals surface area contributed by atoms with Crippen molar-refractivity contribution in [3.8, 4) is 0 Å². The van der Waals surface area contributed by atoms with E-state index in [4.69, 9.17) is 5.11 Å². The van der Waals surface area contributed by atoms with E-state index in [-0.39, 0.29) is 5.56 Å². The van der Waals surface area contributed by atoms with Crippen LogP contribution in [0.1, 0.15) is 54.7 Å². The van der Waals surface area contributed by atoms with E-state index >= 15 is 0 Å². The number of carbonyl (C=O) groups is 1. The lowest BCUT2D eigenvalue weighted by atomic mass is 9.86. The molecule has 0 spiro atoms. The van der Waals surface area contributed by atoms with Crippen LogP contribution in [0.3, 0.4) is 0 Å². The summed E-state index contributed by atoms with van der Waals surface area (Å²) in [5.41, 5.74) is 0.991. The summed E-state index contributed by atoms with van der Waals surface area (Å²) < 4.78 is 1.81. The summed E-state index contributed by atoms with van der Waals surface area (Å²) >= 11 is 0. The van der Waals surface area contributed by atoms with Crippen LogP contribution in [0.2, 0.25) is 0 Å². The van der Waals surface area contributed by atoms with Gasteiger partial charge in [-0.15, -0.1) is 10.2 Å². The molecule has 5 nitrogen and oxygen atoms in total. The Morgan fingerprint density at radius 1 is 1.25 bits per heavy atom. The second-order valence-corrected chi connectivity index (χ2v) is 5.61. The third-order valence-electron chi connectivity index (χ3n) is 4.22. The topological polar surface area (TPSA) is 67.5 Å². The molecule has 0 atom stereocenters. The molecule has 3 rings (SSSR count). The molecule has 1 N–H and O–H groups in total. The third kappa shape index (κ3) is 2.66. The van der Waals surface area contributed by atoms with Crippen LogP contribution < -0.4 is 0 Å². The van der Waals surface area contributed by atoms with Crippen LogP contribution in [-0.2, 0) is 6.42 Å². The Balaban J connectivity index is 1.76. The first-order valence-electron chi connectivity index (χ1n) is 7.31. The summed E-state index contributed by atoms with van der Waals surface area (Å²) in [5.74, 6) is 0.742. The largest absolute Gasteiger partial charge is 0.478 e. The molecule has 20 heavy (non-hydrogen) atoms. The van der Waals surface area contributed by atoms with Crippen LogP contribution in [0.4, 0.5) is 0 Å². The number of aryl methyl sites for hydroxylation is 1. The fourth-order valence-electron chi connectivity index (χ4n) is 3.04. The molecule has 0 saturated heterocycles. The number of carboxylic acid groups (broad SMARTS) is 1. The lowest BCUT2D eigenvalue weighted by Crippen LogP contribution is -2.09. The molecule has 106 valence electrons. The summed E-state index contributed by atoms with van der Waals surface area (Å²) in [6.45, 7) is 0. The van der Waals surface area contributed by atoms with Crippen molar-refractivity contribution in [3.63, 3.8) is 0 Å². The highest BCUT2D eigenvalue weighted by Gasteiger charge is 2.15. The Labute approximate surface area is 117 Å². The van der Waals surface area contributed by atoms with E-state index < -0.39 is 5.97 Å². The van der Waals surface area contributed by atoms with E-state index in [0.29, 0.717) is 5.65 Å². The van der Waals surface area contributed by atoms with Crippen LogP contribution in [0.5, 0.6) is 0 Å². The predicted octanol–water partition coefficient (Wildman–Crippen LogP) is 2.94. The van der Waals surface area contributed by atoms with Crippen LogP contribution >= 0.6 is 0 Å². The number of aromatic nitrogens is 3. The molecule has 5 heteroatoms. The Morgan fingerprint density at radius 3 is 2.80 bits per heavy atom. The first-order valence-corrected chi connectivity index (χ1v) is 7.31. The number of hydrogen-bond acceptors (Lipinski definition) is 3. The molecule has 0 radical (unpaired) electrons. The van der Waals surface area contributed by atoms with E-state index in [2.05, 4.69) is 10.2 Å². The maximum Gasteiger partial charge on any atom is 0.337 e. The van der Waals surface area contributed by atoms with Gasteiger partial charge >= 0.3 is 5.97 Å². The predicted molar refractivity (Wildman–Crippen MR) is 74.8 cm³/mol. The van der Waals surface area contributed by atoms with Gasteiger partial charge in [-0.05, 0) is 24.5 Å². The van der Waals surface area contributed by atoms with Gasteiger partial charge in [0.25, 0.3) is 0 Å². The first-order chi connectivity index (χ1) is 9.74. The minimum atomic E-state index is -0.918. The maximum atomic E-state index is 11.0. The van der Waals surface area contributed by atoms with Gasteiger partial charge in [0.05, 0.1) is 5.56 Å². The quantitative estimate of drug-likeness (QED) is 0.930. The Morgan fingerprint density at radius 2 is 2.05 bits per heavy atom. The van der Waals surface area contributed by atoms with Crippen LogP contribution in [0.25, 0.3) is 5.65 Å². The number of aromatic carboxylic acids is 1. The zero-order chi connectivity index (χ0) is 13.9. The highest BCUT2D eigenvalue weighted by Crippen LogP contribution is 2.27. The average molecular weight is 273 g/mol. The Kier molecular flexibility index (Phi) is 3.67. The Hall–Kier alpha value is -1.91. The van der Waals surface area contributed by atoms with Crippen molar-refractivity contribution in [2.75, 3.05) is 0 Å². The van der Waals surface area contributed by atoms with Gasteiger partial charge in [-0.25, -0.2) is 4.79 Å². The molecule has 0 amide bonds. The molecule has 1 fully saturated rings. The second kappa shape index (κ2) is 5.61. The van der Waals surface area contributed by atoms with Gasteiger partial charge in [-0.3, -0.25) is 4.40 Å². The zero-order valence-electron chi connectivity index (χ0n) is 11.5. The SMILES string of the molecule is O=C(O)c1ccc2nnc(CCC3CCCCC3)n2c1. The van der Waals surface area contributed by atoms with Gasteiger partial charge < -0.3 is 5.11 Å². The van der Waals surface area contributed by atoms with E-state index in [1.807, 2.05) is 4.40 Å². The van der Waals surface area contributed by atoms with Crippen LogP contribution in [0, 0.1) is 5.92 Å². The lowest BCUT2D eigenvalue weighted by Gasteiger charge is -2.20. The van der Waals surface area contributed by atoms with E-state index in [1.54, 1.807) is 18.3 Å². The molecule has 0 aliphatic heterocycles. The van der Waals surface area contributed by atoms with Gasteiger partial charge in [-0.1, -0.05) is 32.1 Å². The summed E-state index contributed by atoms with van der Waals surface area (Å²) in [7, 11) is 0. The molecule has 2 heterocycles. The van der Waals surface area contributed by atoms with Gasteiger partial charge in [-0.2, -0.15) is 0 Å². The van der Waals surface area contributed by atoms with Crippen LogP contribution in [-0.4, -0.2) is 25.7 Å².